The first-order chi connectivity index (χ1) is 21.5. The van der Waals surface area contributed by atoms with E-state index in [9.17, 15) is 24.0 Å². The van der Waals surface area contributed by atoms with Crippen molar-refractivity contribution >= 4 is 29.8 Å². The molecule has 0 aliphatic heterocycles. The number of nitrogens with two attached hydrogens (primary N) is 1. The maximum atomic E-state index is 14.3. The summed E-state index contributed by atoms with van der Waals surface area (Å²) in [5, 5.41) is 5.45. The van der Waals surface area contributed by atoms with Gasteiger partial charge in [0.25, 0.3) is 0 Å². The minimum atomic E-state index is -1.22. The highest BCUT2D eigenvalue weighted by molar-refractivity contribution is 5.94. The number of unbranched alkanes of at least 4 members (excludes halogenated alkanes) is 1. The number of nitrogens with one attached hydrogen (secondary N) is 2. The molecule has 252 valence electrons. The van der Waals surface area contributed by atoms with Crippen LogP contribution in [-0.2, 0) is 35.1 Å². The number of amides is 4. The summed E-state index contributed by atoms with van der Waals surface area (Å²) in [5.41, 5.74) is 5.06. The predicted molar refractivity (Wildman–Crippen MR) is 175 cm³/mol. The summed E-state index contributed by atoms with van der Waals surface area (Å²) in [7, 11) is 0. The molecule has 0 aliphatic rings. The van der Waals surface area contributed by atoms with Crippen LogP contribution in [-0.4, -0.2) is 64.5 Å². The Bertz CT molecular complexity index is 1300. The topological polar surface area (TPSA) is 157 Å². The first-order valence-corrected chi connectivity index (χ1v) is 15.7. The molecule has 0 bridgehead atoms. The molecule has 11 heteroatoms. The SMILES string of the molecule is CCCCN(C(=O)C(CCC(N)=O)NC(=O)OC(C)(C)C)C(C(=O)NC(Cc1ccccc1)C(=O)OC(C)(C)C)c1ccccc1. The molecule has 4 amide bonds. The van der Waals surface area contributed by atoms with Crippen LogP contribution in [0.15, 0.2) is 60.7 Å². The Morgan fingerprint density at radius 2 is 1.37 bits per heavy atom. The van der Waals surface area contributed by atoms with Crippen molar-refractivity contribution in [3.05, 3.63) is 71.8 Å². The highest BCUT2D eigenvalue weighted by atomic mass is 16.6. The van der Waals surface area contributed by atoms with Crippen molar-refractivity contribution in [2.24, 2.45) is 5.73 Å². The highest BCUT2D eigenvalue weighted by Crippen LogP contribution is 2.25. The van der Waals surface area contributed by atoms with Crippen LogP contribution < -0.4 is 16.4 Å². The molecule has 0 spiro atoms. The summed E-state index contributed by atoms with van der Waals surface area (Å²) >= 11 is 0. The van der Waals surface area contributed by atoms with Gasteiger partial charge in [-0.2, -0.15) is 0 Å². The van der Waals surface area contributed by atoms with Crippen molar-refractivity contribution in [1.29, 1.82) is 0 Å². The van der Waals surface area contributed by atoms with Crippen molar-refractivity contribution < 1.29 is 33.4 Å². The Morgan fingerprint density at radius 1 is 0.804 bits per heavy atom. The fraction of sp³-hybridized carbons (Fsp3) is 0.514. The van der Waals surface area contributed by atoms with Gasteiger partial charge >= 0.3 is 12.1 Å². The minimum Gasteiger partial charge on any atom is -0.458 e. The van der Waals surface area contributed by atoms with Gasteiger partial charge in [-0.3, -0.25) is 14.4 Å². The molecular weight excluding hydrogens is 588 g/mol. The van der Waals surface area contributed by atoms with E-state index in [1.807, 2.05) is 37.3 Å². The molecule has 2 rings (SSSR count). The summed E-state index contributed by atoms with van der Waals surface area (Å²) in [6.07, 6.45) is 0.262. The second-order valence-electron chi connectivity index (χ2n) is 13.2. The quantitative estimate of drug-likeness (QED) is 0.241. The largest absolute Gasteiger partial charge is 0.458 e. The lowest BCUT2D eigenvalue weighted by Gasteiger charge is -2.35. The first kappa shape index (κ1) is 37.8. The summed E-state index contributed by atoms with van der Waals surface area (Å²) in [6.45, 7) is 12.4. The van der Waals surface area contributed by atoms with Crippen LogP contribution in [0.5, 0.6) is 0 Å². The molecule has 3 atom stereocenters. The summed E-state index contributed by atoms with van der Waals surface area (Å²) in [6, 6.07) is 14.5. The van der Waals surface area contributed by atoms with Gasteiger partial charge in [-0.15, -0.1) is 0 Å². The summed E-state index contributed by atoms with van der Waals surface area (Å²) in [5.74, 6) is -2.47. The van der Waals surface area contributed by atoms with Crippen LogP contribution in [0.1, 0.15) is 91.3 Å². The Hall–Kier alpha value is -4.41. The zero-order chi connectivity index (χ0) is 34.5. The monoisotopic (exact) mass is 638 g/mol. The molecule has 0 saturated carbocycles. The fourth-order valence-electron chi connectivity index (χ4n) is 4.66. The van der Waals surface area contributed by atoms with Gasteiger partial charge in [-0.25, -0.2) is 9.59 Å². The number of nitrogens with zero attached hydrogens (tertiary/aromatic N) is 1. The number of benzene rings is 2. The van der Waals surface area contributed by atoms with E-state index in [4.69, 9.17) is 15.2 Å². The van der Waals surface area contributed by atoms with Gasteiger partial charge in [0, 0.05) is 19.4 Å². The number of carbonyl (C=O) groups is 5. The normalized spacial score (nSPS) is 13.5. The second-order valence-corrected chi connectivity index (χ2v) is 13.2. The number of alkyl carbamates (subject to hydrolysis) is 1. The van der Waals surface area contributed by atoms with Gasteiger partial charge in [0.15, 0.2) is 0 Å². The number of ether oxygens (including phenoxy) is 2. The van der Waals surface area contributed by atoms with Crippen LogP contribution in [0.3, 0.4) is 0 Å². The number of primary amides is 1. The molecule has 0 fully saturated rings. The van der Waals surface area contributed by atoms with E-state index >= 15 is 0 Å². The highest BCUT2D eigenvalue weighted by Gasteiger charge is 2.38. The lowest BCUT2D eigenvalue weighted by molar-refractivity contribution is -0.159. The average Bonchev–Trinajstić information content (AvgIpc) is 2.95. The van der Waals surface area contributed by atoms with Crippen molar-refractivity contribution in [3.8, 4) is 0 Å². The van der Waals surface area contributed by atoms with E-state index in [0.29, 0.717) is 18.4 Å². The fourth-order valence-corrected chi connectivity index (χ4v) is 4.66. The van der Waals surface area contributed by atoms with E-state index in [2.05, 4.69) is 10.6 Å². The smallest absolute Gasteiger partial charge is 0.408 e. The molecule has 0 saturated heterocycles. The molecule has 0 radical (unpaired) electrons. The average molecular weight is 639 g/mol. The van der Waals surface area contributed by atoms with Gasteiger partial charge in [0.2, 0.25) is 17.7 Å². The zero-order valence-electron chi connectivity index (χ0n) is 28.1. The van der Waals surface area contributed by atoms with Crippen molar-refractivity contribution in [2.75, 3.05) is 6.54 Å². The number of carbonyl (C=O) groups excluding carboxylic acids is 5. The molecule has 3 unspecified atom stereocenters. The molecule has 46 heavy (non-hydrogen) atoms. The van der Waals surface area contributed by atoms with Gasteiger partial charge in [-0.05, 0) is 65.5 Å². The third-order valence-electron chi connectivity index (χ3n) is 6.67. The molecule has 0 heterocycles. The van der Waals surface area contributed by atoms with E-state index in [0.717, 1.165) is 5.56 Å². The number of rotatable bonds is 15. The Morgan fingerprint density at radius 3 is 1.89 bits per heavy atom. The van der Waals surface area contributed by atoms with E-state index in [1.54, 1.807) is 71.9 Å². The van der Waals surface area contributed by atoms with Crippen molar-refractivity contribution in [2.45, 2.75) is 110 Å². The third-order valence-corrected chi connectivity index (χ3v) is 6.67. The van der Waals surface area contributed by atoms with Crippen LogP contribution in [0.25, 0.3) is 0 Å². The Kier molecular flexibility index (Phi) is 14.2. The van der Waals surface area contributed by atoms with Crippen molar-refractivity contribution in [3.63, 3.8) is 0 Å². The standard InChI is InChI=1S/C35H50N4O7/c1-8-9-22-39(31(42)26(20-21-28(36)40)38-33(44)46-35(5,6)7)29(25-18-14-11-15-19-25)30(41)37-27(32(43)45-34(2,3)4)23-24-16-12-10-13-17-24/h10-19,26-27,29H,8-9,20-23H2,1-7H3,(H2,36,40)(H,37,41)(H,38,44). The van der Waals surface area contributed by atoms with Crippen LogP contribution in [0.4, 0.5) is 4.79 Å². The lowest BCUT2D eigenvalue weighted by atomic mass is 9.99. The maximum absolute atomic E-state index is 14.3. The number of esters is 1. The van der Waals surface area contributed by atoms with Gasteiger partial charge in [0.1, 0.15) is 29.3 Å². The summed E-state index contributed by atoms with van der Waals surface area (Å²) < 4.78 is 11.1. The molecule has 2 aromatic rings. The number of hydrogen-bond acceptors (Lipinski definition) is 7. The molecule has 2 aromatic carbocycles. The lowest BCUT2D eigenvalue weighted by Crippen LogP contribution is -2.55. The minimum absolute atomic E-state index is 0.103. The Labute approximate surface area is 272 Å². The predicted octanol–water partition coefficient (Wildman–Crippen LogP) is 4.58. The second kappa shape index (κ2) is 17.3. The molecular formula is C35H50N4O7. The van der Waals surface area contributed by atoms with Crippen LogP contribution >= 0.6 is 0 Å². The van der Waals surface area contributed by atoms with E-state index in [1.165, 1.54) is 4.90 Å². The summed E-state index contributed by atoms with van der Waals surface area (Å²) in [4.78, 5) is 67.9. The third kappa shape index (κ3) is 13.3. The van der Waals surface area contributed by atoms with Gasteiger partial charge in [-0.1, -0.05) is 74.0 Å². The van der Waals surface area contributed by atoms with Gasteiger partial charge < -0.3 is 30.7 Å². The molecule has 0 aliphatic carbocycles. The zero-order valence-corrected chi connectivity index (χ0v) is 28.1. The van der Waals surface area contributed by atoms with E-state index in [-0.39, 0.29) is 25.8 Å². The van der Waals surface area contributed by atoms with Crippen LogP contribution in [0.2, 0.25) is 0 Å². The van der Waals surface area contributed by atoms with Crippen molar-refractivity contribution in [1.82, 2.24) is 15.5 Å². The van der Waals surface area contributed by atoms with Gasteiger partial charge in [0.05, 0.1) is 0 Å². The number of hydrogen-bond donors (Lipinski definition) is 3. The van der Waals surface area contributed by atoms with Crippen LogP contribution in [0, 0.1) is 0 Å². The molecule has 11 nitrogen and oxygen atoms in total. The van der Waals surface area contributed by atoms with E-state index < -0.39 is 59.1 Å². The molecule has 0 aromatic heterocycles. The first-order valence-electron chi connectivity index (χ1n) is 15.7. The molecule has 4 N–H and O–H groups in total. The maximum Gasteiger partial charge on any atom is 0.408 e. The Balaban J connectivity index is 2.57.